The lowest BCUT2D eigenvalue weighted by atomic mass is 9.90. The molecule has 0 atom stereocenters. The van der Waals surface area contributed by atoms with Gasteiger partial charge in [-0.3, -0.25) is 0 Å². The minimum atomic E-state index is 1.30. The first kappa shape index (κ1) is 34.3. The van der Waals surface area contributed by atoms with Crippen molar-refractivity contribution in [1.82, 2.24) is 0 Å². The van der Waals surface area contributed by atoms with Crippen molar-refractivity contribution >= 4 is 118 Å². The maximum Gasteiger partial charge on any atom is -0.00264 e. The zero-order valence-electron chi connectivity index (χ0n) is 32.9. The molecule has 0 N–H and O–H groups in total. The van der Waals surface area contributed by atoms with Crippen LogP contribution in [0.5, 0.6) is 0 Å². The van der Waals surface area contributed by atoms with Crippen molar-refractivity contribution in [2.24, 2.45) is 0 Å². The van der Waals surface area contributed by atoms with Gasteiger partial charge in [0.15, 0.2) is 0 Å². The third-order valence-electron chi connectivity index (χ3n) is 12.6. The van der Waals surface area contributed by atoms with Crippen LogP contribution < -0.4 is 0 Å². The van der Waals surface area contributed by atoms with Crippen LogP contribution in [0.15, 0.2) is 231 Å². The summed E-state index contributed by atoms with van der Waals surface area (Å²) in [4.78, 5) is 0. The topological polar surface area (TPSA) is 0 Å². The fourth-order valence-corrected chi connectivity index (χ4v) is 9.82. The normalized spacial score (nSPS) is 11.7. The minimum Gasteiger partial charge on any atom is -0.0616 e. The maximum absolute atomic E-state index is 2.31. The van der Waals surface area contributed by atoms with E-state index in [1.54, 1.807) is 0 Å². The highest BCUT2D eigenvalue weighted by Gasteiger charge is 2.12. The summed E-state index contributed by atoms with van der Waals surface area (Å²) in [5.41, 5.74) is 0. The Kier molecular flexibility index (Phi) is 7.96. The highest BCUT2D eigenvalue weighted by atomic mass is 14.1. The summed E-state index contributed by atoms with van der Waals surface area (Å²) >= 11 is 0. The quantitative estimate of drug-likeness (QED) is 0.107. The molecule has 14 rings (SSSR count). The van der Waals surface area contributed by atoms with Gasteiger partial charge in [-0.15, -0.1) is 0 Å². The molecule has 0 aliphatic heterocycles. The monoisotopic (exact) mass is 758 g/mol. The Bertz CT molecular complexity index is 3370. The van der Waals surface area contributed by atoms with Crippen LogP contribution in [0.1, 0.15) is 0 Å². The molecule has 0 radical (unpaired) electrons. The van der Waals surface area contributed by atoms with Crippen molar-refractivity contribution in [1.29, 1.82) is 0 Å². The van der Waals surface area contributed by atoms with Gasteiger partial charge in [-0.1, -0.05) is 194 Å². The van der Waals surface area contributed by atoms with Crippen LogP contribution in [0.2, 0.25) is 0 Å². The summed E-state index contributed by atoms with van der Waals surface area (Å²) in [6.07, 6.45) is 0. The van der Waals surface area contributed by atoms with E-state index in [9.17, 15) is 0 Å². The summed E-state index contributed by atoms with van der Waals surface area (Å²) in [5, 5.41) is 29.4. The summed E-state index contributed by atoms with van der Waals surface area (Å²) in [5.74, 6) is 0. The average Bonchev–Trinajstić information content (AvgIpc) is 3.31. The Morgan fingerprint density at radius 1 is 0.133 bits per heavy atom. The molecule has 0 nitrogen and oxygen atoms in total. The molecule has 278 valence electrons. The van der Waals surface area contributed by atoms with E-state index in [0.717, 1.165) is 0 Å². The van der Waals surface area contributed by atoms with Gasteiger partial charge in [-0.05, 0) is 155 Å². The van der Waals surface area contributed by atoms with Crippen LogP contribution in [0, 0.1) is 0 Å². The molecule has 14 aromatic carbocycles. The Morgan fingerprint density at radius 2 is 0.317 bits per heavy atom. The van der Waals surface area contributed by atoms with Crippen LogP contribution in [0.25, 0.3) is 118 Å². The molecule has 60 heavy (non-hydrogen) atoms. The van der Waals surface area contributed by atoms with Gasteiger partial charge in [0.25, 0.3) is 0 Å². The molecule has 14 aromatic rings. The van der Waals surface area contributed by atoms with Crippen LogP contribution >= 0.6 is 0 Å². The molecule has 0 saturated carbocycles. The molecule has 0 bridgehead atoms. The number of hydrogen-bond donors (Lipinski definition) is 0. The summed E-state index contributed by atoms with van der Waals surface area (Å²) < 4.78 is 0. The van der Waals surface area contributed by atoms with E-state index in [2.05, 4.69) is 231 Å². The minimum absolute atomic E-state index is 1.30. The van der Waals surface area contributed by atoms with E-state index in [4.69, 9.17) is 0 Å². The fourth-order valence-electron chi connectivity index (χ4n) is 9.82. The average molecular weight is 759 g/mol. The second-order valence-corrected chi connectivity index (χ2v) is 16.0. The van der Waals surface area contributed by atoms with E-state index >= 15 is 0 Å². The zero-order chi connectivity index (χ0) is 39.6. The van der Waals surface area contributed by atoms with Gasteiger partial charge in [-0.2, -0.15) is 0 Å². The SMILES string of the molecule is c1cc2cccc3c4cccc5cccc(c(c1)c23)c54.c1ccc2c(c1)c1ccccc1c1ccccc21.c1ccc2cc3cc4cc5ccccc5cc4cc3cc2c1. The molecular weight excluding hydrogens is 721 g/mol. The second-order valence-electron chi connectivity index (χ2n) is 16.0. The van der Waals surface area contributed by atoms with Crippen LogP contribution in [-0.4, -0.2) is 0 Å². The maximum atomic E-state index is 2.31. The molecule has 0 heterocycles. The molecule has 0 heteroatoms. The number of hydrogen-bond acceptors (Lipinski definition) is 0. The Labute approximate surface area is 347 Å². The van der Waals surface area contributed by atoms with Crippen molar-refractivity contribution in [3.63, 3.8) is 0 Å². The van der Waals surface area contributed by atoms with Gasteiger partial charge in [0.2, 0.25) is 0 Å². The first-order chi connectivity index (χ1) is 29.7. The Hall–Kier alpha value is -7.80. The first-order valence-corrected chi connectivity index (χ1v) is 20.8. The van der Waals surface area contributed by atoms with Crippen molar-refractivity contribution in [3.05, 3.63) is 231 Å². The Morgan fingerprint density at radius 3 is 0.567 bits per heavy atom. The molecule has 0 aliphatic carbocycles. The van der Waals surface area contributed by atoms with Crippen LogP contribution in [0.4, 0.5) is 0 Å². The summed E-state index contributed by atoms with van der Waals surface area (Å²) in [6.45, 7) is 0. The molecule has 0 unspecified atom stereocenters. The molecule has 0 fully saturated rings. The summed E-state index contributed by atoms with van der Waals surface area (Å²) in [6, 6.07) is 83.3. The molecule has 0 aromatic heterocycles. The molecule has 0 spiro atoms. The van der Waals surface area contributed by atoms with Crippen molar-refractivity contribution in [2.75, 3.05) is 0 Å². The van der Waals surface area contributed by atoms with Crippen molar-refractivity contribution < 1.29 is 0 Å². The van der Waals surface area contributed by atoms with Gasteiger partial charge in [0.05, 0.1) is 0 Å². The lowest BCUT2D eigenvalue weighted by molar-refractivity contribution is 1.77. The predicted octanol–water partition coefficient (Wildman–Crippen LogP) is 17.2. The fraction of sp³-hybridized carbons (Fsp3) is 0. The number of fused-ring (bicyclic) bond motifs is 12. The lowest BCUT2D eigenvalue weighted by Gasteiger charge is -2.13. The van der Waals surface area contributed by atoms with Gasteiger partial charge in [0.1, 0.15) is 0 Å². The van der Waals surface area contributed by atoms with Crippen LogP contribution in [-0.2, 0) is 0 Å². The molecule has 0 amide bonds. The Balaban J connectivity index is 0.0000000974. The summed E-state index contributed by atoms with van der Waals surface area (Å²) in [7, 11) is 0. The van der Waals surface area contributed by atoms with Gasteiger partial charge in [0, 0.05) is 0 Å². The van der Waals surface area contributed by atoms with Crippen molar-refractivity contribution in [3.8, 4) is 0 Å². The highest BCUT2D eigenvalue weighted by molar-refractivity contribution is 6.33. The largest absolute Gasteiger partial charge is 0.0616 e. The number of benzene rings is 14. The first-order valence-electron chi connectivity index (χ1n) is 20.8. The molecule has 0 aliphatic rings. The third kappa shape index (κ3) is 5.61. The van der Waals surface area contributed by atoms with E-state index in [0.29, 0.717) is 0 Å². The van der Waals surface area contributed by atoms with E-state index < -0.39 is 0 Å². The van der Waals surface area contributed by atoms with Gasteiger partial charge >= 0.3 is 0 Å². The van der Waals surface area contributed by atoms with Crippen LogP contribution in [0.3, 0.4) is 0 Å². The third-order valence-corrected chi connectivity index (χ3v) is 12.6. The standard InChI is InChI=1S/C22H14.C20H12.C18H12/c1-2-6-16-10-20-14-22-12-18-8-4-3-7-17(18)11-21(22)13-19(20)9-15(16)5-1;1-5-13-6-2-11-17-18-12-4-8-14-7-3-10-16(20(14)18)15(9-1)19(13)17;1-2-8-14-13(7-1)15-9-3-4-11-17(15)18-12-6-5-10-16(14)18/h1-14H;1-12H;1-12H. The molecular formula is C60H38. The van der Waals surface area contributed by atoms with Gasteiger partial charge in [-0.25, -0.2) is 0 Å². The molecule has 0 saturated heterocycles. The lowest BCUT2D eigenvalue weighted by Crippen LogP contribution is -1.85. The zero-order valence-corrected chi connectivity index (χ0v) is 32.9. The van der Waals surface area contributed by atoms with Gasteiger partial charge < -0.3 is 0 Å². The van der Waals surface area contributed by atoms with E-state index in [-0.39, 0.29) is 0 Å². The van der Waals surface area contributed by atoms with E-state index in [1.165, 1.54) is 118 Å². The highest BCUT2D eigenvalue weighted by Crippen LogP contribution is 2.40. The van der Waals surface area contributed by atoms with Crippen molar-refractivity contribution in [2.45, 2.75) is 0 Å². The van der Waals surface area contributed by atoms with E-state index in [1.807, 2.05) is 0 Å². The second kappa shape index (κ2) is 13.9. The smallest absolute Gasteiger partial charge is 0.00264 e. The predicted molar refractivity (Wildman–Crippen MR) is 263 cm³/mol. The number of rotatable bonds is 0.